The first-order chi connectivity index (χ1) is 14.8. The third-order valence-electron chi connectivity index (χ3n) is 5.00. The number of carbonyl (C=O) groups excluding carboxylic acids is 1. The van der Waals surface area contributed by atoms with Crippen molar-refractivity contribution in [2.75, 3.05) is 0 Å². The van der Waals surface area contributed by atoms with Gasteiger partial charge in [0.05, 0.1) is 0 Å². The zero-order valence-electron chi connectivity index (χ0n) is 16.4. The van der Waals surface area contributed by atoms with Crippen LogP contribution < -0.4 is 0 Å². The molecule has 0 fully saturated rings. The Hall–Kier alpha value is -3.98. The molecule has 0 aliphatic carbocycles. The van der Waals surface area contributed by atoms with E-state index in [4.69, 9.17) is 4.84 Å². The van der Waals surface area contributed by atoms with Crippen molar-refractivity contribution >= 4 is 12.0 Å². The van der Waals surface area contributed by atoms with Crippen molar-refractivity contribution in [3.63, 3.8) is 0 Å². The summed E-state index contributed by atoms with van der Waals surface area (Å²) in [5, 5.41) is 4.36. The Labute approximate surface area is 176 Å². The average Bonchev–Trinajstić information content (AvgIpc) is 2.84. The molecule has 0 heterocycles. The summed E-state index contributed by atoms with van der Waals surface area (Å²) < 4.78 is 0. The Morgan fingerprint density at radius 1 is 0.600 bits per heavy atom. The van der Waals surface area contributed by atoms with Gasteiger partial charge in [0.15, 0.2) is 6.29 Å². The van der Waals surface area contributed by atoms with Gasteiger partial charge < -0.3 is 4.84 Å². The molecule has 30 heavy (non-hydrogen) atoms. The van der Waals surface area contributed by atoms with E-state index in [-0.39, 0.29) is 5.71 Å². The minimum Gasteiger partial charge on any atom is -0.374 e. The third-order valence-corrected chi connectivity index (χ3v) is 5.00. The van der Waals surface area contributed by atoms with Gasteiger partial charge in [0.25, 0.3) is 0 Å². The van der Waals surface area contributed by atoms with Crippen molar-refractivity contribution in [3.8, 4) is 0 Å². The lowest BCUT2D eigenvalue weighted by Gasteiger charge is -2.33. The Morgan fingerprint density at radius 3 is 1.33 bits per heavy atom. The van der Waals surface area contributed by atoms with Gasteiger partial charge in [-0.1, -0.05) is 126 Å². The number of carbonyl (C=O) groups is 1. The highest BCUT2D eigenvalue weighted by atomic mass is 16.7. The number of aldehydes is 1. The van der Waals surface area contributed by atoms with E-state index in [1.54, 1.807) is 0 Å². The van der Waals surface area contributed by atoms with E-state index in [1.807, 2.05) is 121 Å². The number of hydrogen-bond acceptors (Lipinski definition) is 3. The third kappa shape index (κ3) is 3.78. The topological polar surface area (TPSA) is 38.7 Å². The quantitative estimate of drug-likeness (QED) is 0.178. The van der Waals surface area contributed by atoms with Crippen LogP contribution in [0.15, 0.2) is 126 Å². The minimum atomic E-state index is -1.01. The van der Waals surface area contributed by atoms with Gasteiger partial charge in [-0.2, -0.15) is 0 Å². The SMILES string of the molecule is O=C/C(=N/OC(c1ccccc1)(c1ccccc1)c1ccccc1)c1ccccc1. The van der Waals surface area contributed by atoms with Crippen molar-refractivity contribution in [2.24, 2.45) is 5.16 Å². The van der Waals surface area contributed by atoms with Crippen LogP contribution in [-0.2, 0) is 15.2 Å². The van der Waals surface area contributed by atoms with E-state index in [9.17, 15) is 4.79 Å². The fraction of sp³-hybridized carbons (Fsp3) is 0.0370. The Kier molecular flexibility index (Phi) is 5.81. The molecule has 146 valence electrons. The van der Waals surface area contributed by atoms with Gasteiger partial charge in [-0.3, -0.25) is 4.79 Å². The molecule has 0 aromatic heterocycles. The monoisotopic (exact) mass is 391 g/mol. The van der Waals surface area contributed by atoms with Crippen LogP contribution in [0.2, 0.25) is 0 Å². The molecule has 3 heteroatoms. The molecule has 0 unspecified atom stereocenters. The summed E-state index contributed by atoms with van der Waals surface area (Å²) in [6, 6.07) is 39.1. The van der Waals surface area contributed by atoms with E-state index in [0.717, 1.165) is 23.0 Å². The second kappa shape index (κ2) is 9.01. The lowest BCUT2D eigenvalue weighted by atomic mass is 9.80. The van der Waals surface area contributed by atoms with Crippen molar-refractivity contribution in [1.29, 1.82) is 0 Å². The maximum Gasteiger partial charge on any atom is 0.212 e. The van der Waals surface area contributed by atoms with Crippen LogP contribution in [0.5, 0.6) is 0 Å². The fourth-order valence-corrected chi connectivity index (χ4v) is 3.55. The highest BCUT2D eigenvalue weighted by molar-refractivity contribution is 6.36. The van der Waals surface area contributed by atoms with Gasteiger partial charge in [-0.15, -0.1) is 0 Å². The van der Waals surface area contributed by atoms with Crippen LogP contribution in [0.1, 0.15) is 22.3 Å². The molecule has 0 aliphatic rings. The molecular weight excluding hydrogens is 370 g/mol. The summed E-state index contributed by atoms with van der Waals surface area (Å²) in [7, 11) is 0. The first kappa shape index (κ1) is 19.3. The predicted molar refractivity (Wildman–Crippen MR) is 119 cm³/mol. The summed E-state index contributed by atoms with van der Waals surface area (Å²) >= 11 is 0. The molecule has 0 radical (unpaired) electrons. The molecule has 0 amide bonds. The van der Waals surface area contributed by atoms with Gasteiger partial charge in [0, 0.05) is 22.3 Å². The largest absolute Gasteiger partial charge is 0.374 e. The molecule has 4 aromatic carbocycles. The Balaban J connectivity index is 1.93. The maximum absolute atomic E-state index is 11.8. The zero-order chi connectivity index (χ0) is 20.7. The fourth-order valence-electron chi connectivity index (χ4n) is 3.55. The van der Waals surface area contributed by atoms with Crippen LogP contribution in [0, 0.1) is 0 Å². The zero-order valence-corrected chi connectivity index (χ0v) is 16.4. The van der Waals surface area contributed by atoms with E-state index in [2.05, 4.69) is 5.16 Å². The number of hydrogen-bond donors (Lipinski definition) is 0. The van der Waals surface area contributed by atoms with Crippen LogP contribution in [0.4, 0.5) is 0 Å². The molecular formula is C27H21NO2. The molecule has 0 bridgehead atoms. The molecule has 0 saturated heterocycles. The summed E-state index contributed by atoms with van der Waals surface area (Å²) in [6.07, 6.45) is 0.723. The van der Waals surface area contributed by atoms with Crippen LogP contribution in [-0.4, -0.2) is 12.0 Å². The van der Waals surface area contributed by atoms with Crippen molar-refractivity contribution < 1.29 is 9.63 Å². The maximum atomic E-state index is 11.8. The number of rotatable bonds is 7. The molecule has 0 atom stereocenters. The number of nitrogens with zero attached hydrogens (tertiary/aromatic N) is 1. The van der Waals surface area contributed by atoms with Gasteiger partial charge in [0.1, 0.15) is 5.71 Å². The summed E-state index contributed by atoms with van der Waals surface area (Å²) in [4.78, 5) is 18.2. The molecule has 3 nitrogen and oxygen atoms in total. The predicted octanol–water partition coefficient (Wildman–Crippen LogP) is 5.60. The van der Waals surface area contributed by atoms with E-state index >= 15 is 0 Å². The standard InChI is InChI=1S/C27H21NO2/c29-21-26(22-13-5-1-6-14-22)28-30-27(23-15-7-2-8-16-23,24-17-9-3-10-18-24)25-19-11-4-12-20-25/h1-21H/b28-26-. The van der Waals surface area contributed by atoms with Crippen molar-refractivity contribution in [1.82, 2.24) is 0 Å². The minimum absolute atomic E-state index is 0.239. The molecule has 0 saturated carbocycles. The highest BCUT2D eigenvalue weighted by Crippen LogP contribution is 2.40. The second-order valence-electron chi connectivity index (χ2n) is 6.83. The highest BCUT2D eigenvalue weighted by Gasteiger charge is 2.39. The summed E-state index contributed by atoms with van der Waals surface area (Å²) in [6.45, 7) is 0. The number of benzene rings is 4. The van der Waals surface area contributed by atoms with Crippen LogP contribution in [0.3, 0.4) is 0 Å². The van der Waals surface area contributed by atoms with E-state index < -0.39 is 5.60 Å². The number of oxime groups is 1. The molecule has 4 rings (SSSR count). The summed E-state index contributed by atoms with van der Waals surface area (Å²) in [5.74, 6) is 0. The first-order valence-corrected chi connectivity index (χ1v) is 9.78. The molecule has 0 spiro atoms. The Morgan fingerprint density at radius 2 is 0.967 bits per heavy atom. The first-order valence-electron chi connectivity index (χ1n) is 9.78. The lowest BCUT2D eigenvalue weighted by molar-refractivity contribution is -0.103. The lowest BCUT2D eigenvalue weighted by Crippen LogP contribution is -2.31. The Bertz CT molecular complexity index is 1010. The van der Waals surface area contributed by atoms with Gasteiger partial charge in [-0.05, 0) is 0 Å². The smallest absolute Gasteiger partial charge is 0.212 e. The molecule has 4 aromatic rings. The normalized spacial score (nSPS) is 11.7. The van der Waals surface area contributed by atoms with Crippen molar-refractivity contribution in [2.45, 2.75) is 5.60 Å². The van der Waals surface area contributed by atoms with Gasteiger partial charge in [0.2, 0.25) is 5.60 Å². The van der Waals surface area contributed by atoms with Crippen molar-refractivity contribution in [3.05, 3.63) is 144 Å². The van der Waals surface area contributed by atoms with Crippen LogP contribution in [0.25, 0.3) is 0 Å². The summed E-state index contributed by atoms with van der Waals surface area (Å²) in [5.41, 5.74) is 2.70. The van der Waals surface area contributed by atoms with E-state index in [1.165, 1.54) is 0 Å². The molecule has 0 aliphatic heterocycles. The van der Waals surface area contributed by atoms with Gasteiger partial charge >= 0.3 is 0 Å². The molecule has 0 N–H and O–H groups in total. The van der Waals surface area contributed by atoms with Crippen LogP contribution >= 0.6 is 0 Å². The van der Waals surface area contributed by atoms with Gasteiger partial charge in [-0.25, -0.2) is 0 Å². The van der Waals surface area contributed by atoms with E-state index in [0.29, 0.717) is 5.56 Å². The second-order valence-corrected chi connectivity index (χ2v) is 6.83. The average molecular weight is 391 g/mol.